The minimum atomic E-state index is -0.433. The molecule has 1 aromatic rings. The summed E-state index contributed by atoms with van der Waals surface area (Å²) in [7, 11) is 0. The molecule has 1 aliphatic rings. The molecule has 1 aliphatic carbocycles. The second kappa shape index (κ2) is 7.71. The zero-order valence-electron chi connectivity index (χ0n) is 14.7. The number of amides is 1. The molecular formula is C19H29NO3. The highest BCUT2D eigenvalue weighted by molar-refractivity contribution is 5.84. The van der Waals surface area contributed by atoms with Crippen molar-refractivity contribution in [2.24, 2.45) is 11.8 Å². The number of nitrogens with one attached hydrogen (secondary N) is 1. The van der Waals surface area contributed by atoms with Crippen molar-refractivity contribution < 1.29 is 14.3 Å². The Bertz CT molecular complexity index is 502. The maximum absolute atomic E-state index is 11.4. The first-order valence-corrected chi connectivity index (χ1v) is 8.63. The van der Waals surface area contributed by atoms with Crippen LogP contribution in [0.25, 0.3) is 0 Å². The second-order valence-electron chi connectivity index (χ2n) is 7.03. The molecule has 1 saturated carbocycles. The van der Waals surface area contributed by atoms with Gasteiger partial charge in [0.15, 0.2) is 0 Å². The van der Waals surface area contributed by atoms with Crippen LogP contribution >= 0.6 is 0 Å². The van der Waals surface area contributed by atoms with E-state index in [0.717, 1.165) is 11.7 Å². The van der Waals surface area contributed by atoms with Gasteiger partial charge in [0.2, 0.25) is 0 Å². The van der Waals surface area contributed by atoms with Crippen LogP contribution in [0, 0.1) is 11.8 Å². The van der Waals surface area contributed by atoms with E-state index in [-0.39, 0.29) is 5.60 Å². The third-order valence-electron chi connectivity index (χ3n) is 4.76. The molecule has 1 aromatic carbocycles. The van der Waals surface area contributed by atoms with Gasteiger partial charge in [0.05, 0.1) is 6.61 Å². The Labute approximate surface area is 139 Å². The molecule has 2 rings (SSSR count). The van der Waals surface area contributed by atoms with Crippen LogP contribution in [0.15, 0.2) is 24.3 Å². The molecule has 0 heterocycles. The third kappa shape index (κ3) is 5.15. The van der Waals surface area contributed by atoms with Crippen molar-refractivity contribution in [1.82, 2.24) is 0 Å². The van der Waals surface area contributed by atoms with Gasteiger partial charge in [-0.3, -0.25) is 5.32 Å². The fourth-order valence-electron chi connectivity index (χ4n) is 3.23. The van der Waals surface area contributed by atoms with E-state index in [1.165, 1.54) is 25.7 Å². The smallest absolute Gasteiger partial charge is 0.411 e. The van der Waals surface area contributed by atoms with Gasteiger partial charge in [-0.25, -0.2) is 4.79 Å². The first kappa shape index (κ1) is 17.6. The molecule has 0 aliphatic heterocycles. The van der Waals surface area contributed by atoms with E-state index in [1.807, 2.05) is 24.3 Å². The molecule has 1 fully saturated rings. The Morgan fingerprint density at radius 3 is 2.35 bits per heavy atom. The lowest BCUT2D eigenvalue weighted by molar-refractivity contribution is 0.0188. The van der Waals surface area contributed by atoms with E-state index < -0.39 is 6.09 Å². The average molecular weight is 319 g/mol. The molecule has 0 aromatic heterocycles. The Balaban J connectivity index is 1.93. The summed E-state index contributed by atoms with van der Waals surface area (Å²) in [5, 5.41) is 2.68. The normalized spacial score (nSPS) is 21.6. The highest BCUT2D eigenvalue weighted by Crippen LogP contribution is 2.37. The van der Waals surface area contributed by atoms with Gasteiger partial charge in [-0.2, -0.15) is 0 Å². The quantitative estimate of drug-likeness (QED) is 0.807. The molecule has 0 saturated heterocycles. The van der Waals surface area contributed by atoms with Gasteiger partial charge >= 0.3 is 6.09 Å². The van der Waals surface area contributed by atoms with Crippen molar-refractivity contribution in [3.05, 3.63) is 24.3 Å². The minimum Gasteiger partial charge on any atom is -0.488 e. The van der Waals surface area contributed by atoms with Gasteiger partial charge in [-0.05, 0) is 69.7 Å². The van der Waals surface area contributed by atoms with Crippen molar-refractivity contribution in [2.75, 3.05) is 11.9 Å². The Kier molecular flexibility index (Phi) is 5.91. The highest BCUT2D eigenvalue weighted by atomic mass is 16.5. The standard InChI is InChI=1S/C19H29NO3/c1-5-22-18(21)20-16-10-12-17(13-11-16)23-19(3,4)15-8-6-14(2)7-9-15/h10-15H,5-9H2,1-4H3,(H,20,21). The van der Waals surface area contributed by atoms with Crippen molar-refractivity contribution in [1.29, 1.82) is 0 Å². The molecule has 0 radical (unpaired) electrons. The Hall–Kier alpha value is -1.71. The van der Waals surface area contributed by atoms with Crippen LogP contribution < -0.4 is 10.1 Å². The van der Waals surface area contributed by atoms with Crippen LogP contribution in [0.5, 0.6) is 5.75 Å². The maximum atomic E-state index is 11.4. The van der Waals surface area contributed by atoms with Gasteiger partial charge in [0.1, 0.15) is 11.4 Å². The molecule has 1 N–H and O–H groups in total. The highest BCUT2D eigenvalue weighted by Gasteiger charge is 2.34. The molecule has 0 atom stereocenters. The number of carbonyl (C=O) groups excluding carboxylic acids is 1. The first-order chi connectivity index (χ1) is 10.9. The number of anilines is 1. The van der Waals surface area contributed by atoms with E-state index >= 15 is 0 Å². The lowest BCUT2D eigenvalue weighted by Crippen LogP contribution is -2.39. The number of hydrogen-bond acceptors (Lipinski definition) is 3. The summed E-state index contributed by atoms with van der Waals surface area (Å²) in [6.07, 6.45) is 4.62. The molecule has 1 amide bonds. The second-order valence-corrected chi connectivity index (χ2v) is 7.03. The fourth-order valence-corrected chi connectivity index (χ4v) is 3.23. The number of ether oxygens (including phenoxy) is 2. The van der Waals surface area contributed by atoms with Crippen LogP contribution in [0.2, 0.25) is 0 Å². The van der Waals surface area contributed by atoms with Crippen LogP contribution in [-0.2, 0) is 4.74 Å². The van der Waals surface area contributed by atoms with Gasteiger partial charge in [0.25, 0.3) is 0 Å². The van der Waals surface area contributed by atoms with E-state index in [0.29, 0.717) is 18.2 Å². The predicted octanol–water partition coefficient (Wildman–Crippen LogP) is 5.24. The van der Waals surface area contributed by atoms with E-state index in [4.69, 9.17) is 9.47 Å². The van der Waals surface area contributed by atoms with Crippen LogP contribution in [0.4, 0.5) is 10.5 Å². The van der Waals surface area contributed by atoms with Crippen LogP contribution in [-0.4, -0.2) is 18.3 Å². The van der Waals surface area contributed by atoms with E-state index in [1.54, 1.807) is 6.92 Å². The van der Waals surface area contributed by atoms with Crippen LogP contribution in [0.1, 0.15) is 53.4 Å². The summed E-state index contributed by atoms with van der Waals surface area (Å²) < 4.78 is 11.1. The summed E-state index contributed by atoms with van der Waals surface area (Å²) in [5.74, 6) is 2.27. The molecule has 0 bridgehead atoms. The lowest BCUT2D eigenvalue weighted by Gasteiger charge is -2.38. The molecule has 0 spiro atoms. The largest absolute Gasteiger partial charge is 0.488 e. The van der Waals surface area contributed by atoms with Crippen molar-refractivity contribution in [3.63, 3.8) is 0 Å². The Morgan fingerprint density at radius 1 is 1.17 bits per heavy atom. The van der Waals surface area contributed by atoms with Gasteiger partial charge in [-0.1, -0.05) is 19.8 Å². The van der Waals surface area contributed by atoms with E-state index in [9.17, 15) is 4.79 Å². The molecule has 0 unspecified atom stereocenters. The monoisotopic (exact) mass is 319 g/mol. The van der Waals surface area contributed by atoms with Gasteiger partial charge < -0.3 is 9.47 Å². The van der Waals surface area contributed by atoms with Gasteiger partial charge in [0, 0.05) is 5.69 Å². The summed E-state index contributed by atoms with van der Waals surface area (Å²) in [6, 6.07) is 7.47. The first-order valence-electron chi connectivity index (χ1n) is 8.63. The summed E-state index contributed by atoms with van der Waals surface area (Å²) in [6.45, 7) is 8.84. The van der Waals surface area contributed by atoms with Crippen molar-refractivity contribution in [2.45, 2.75) is 59.0 Å². The lowest BCUT2D eigenvalue weighted by atomic mass is 9.75. The average Bonchev–Trinajstić information content (AvgIpc) is 2.50. The zero-order chi connectivity index (χ0) is 16.9. The Morgan fingerprint density at radius 2 is 1.78 bits per heavy atom. The van der Waals surface area contributed by atoms with Crippen molar-refractivity contribution in [3.8, 4) is 5.75 Å². The SMILES string of the molecule is CCOC(=O)Nc1ccc(OC(C)(C)C2CCC(C)CC2)cc1. The number of benzene rings is 1. The summed E-state index contributed by atoms with van der Waals surface area (Å²) >= 11 is 0. The van der Waals surface area contributed by atoms with Crippen molar-refractivity contribution >= 4 is 11.8 Å². The summed E-state index contributed by atoms with van der Waals surface area (Å²) in [4.78, 5) is 11.4. The molecule has 23 heavy (non-hydrogen) atoms. The van der Waals surface area contributed by atoms with E-state index in [2.05, 4.69) is 26.1 Å². The molecule has 4 nitrogen and oxygen atoms in total. The zero-order valence-corrected chi connectivity index (χ0v) is 14.7. The summed E-state index contributed by atoms with van der Waals surface area (Å²) in [5.41, 5.74) is 0.538. The molecule has 4 heteroatoms. The van der Waals surface area contributed by atoms with Gasteiger partial charge in [-0.15, -0.1) is 0 Å². The number of rotatable bonds is 5. The topological polar surface area (TPSA) is 47.6 Å². The molecule has 128 valence electrons. The minimum absolute atomic E-state index is 0.170. The molecular weight excluding hydrogens is 290 g/mol. The number of carbonyl (C=O) groups is 1. The fraction of sp³-hybridized carbons (Fsp3) is 0.632. The maximum Gasteiger partial charge on any atom is 0.411 e. The number of hydrogen-bond donors (Lipinski definition) is 1. The van der Waals surface area contributed by atoms with Crippen LogP contribution in [0.3, 0.4) is 0 Å². The predicted molar refractivity (Wildman–Crippen MR) is 92.9 cm³/mol. The third-order valence-corrected chi connectivity index (χ3v) is 4.76.